The lowest BCUT2D eigenvalue weighted by Crippen LogP contribution is -2.32. The van der Waals surface area contributed by atoms with Crippen molar-refractivity contribution in [3.05, 3.63) is 54.8 Å². The van der Waals surface area contributed by atoms with Crippen LogP contribution < -0.4 is 0 Å². The van der Waals surface area contributed by atoms with Gasteiger partial charge in [0.2, 0.25) is 5.91 Å². The van der Waals surface area contributed by atoms with Crippen LogP contribution in [-0.2, 0) is 11.8 Å². The molecule has 0 aliphatic carbocycles. The average Bonchev–Trinajstić information content (AvgIpc) is 2.82. The van der Waals surface area contributed by atoms with E-state index in [0.717, 1.165) is 16.5 Å². The van der Waals surface area contributed by atoms with Gasteiger partial charge in [0.1, 0.15) is 0 Å². The van der Waals surface area contributed by atoms with Gasteiger partial charge in [0.25, 0.3) is 0 Å². The molecule has 2 aromatic rings. The van der Waals surface area contributed by atoms with Gasteiger partial charge in [-0.2, -0.15) is 0 Å². The fourth-order valence-corrected chi connectivity index (χ4v) is 2.34. The molecule has 1 aromatic heterocycles. The molecule has 0 spiro atoms. The lowest BCUT2D eigenvalue weighted by molar-refractivity contribution is -0.125. The van der Waals surface area contributed by atoms with Gasteiger partial charge in [0.05, 0.1) is 6.61 Å². The monoisotopic (exact) mass is 284 g/mol. The molecule has 4 heteroatoms. The van der Waals surface area contributed by atoms with E-state index < -0.39 is 0 Å². The summed E-state index contributed by atoms with van der Waals surface area (Å²) in [5.74, 6) is -0.128. The van der Waals surface area contributed by atoms with Crippen molar-refractivity contribution in [2.75, 3.05) is 19.7 Å². The summed E-state index contributed by atoms with van der Waals surface area (Å²) in [4.78, 5) is 13.7. The Morgan fingerprint density at radius 1 is 1.43 bits per heavy atom. The first kappa shape index (κ1) is 15.1. The number of aliphatic hydroxyl groups excluding tert-OH is 1. The van der Waals surface area contributed by atoms with Gasteiger partial charge in [-0.25, -0.2) is 0 Å². The van der Waals surface area contributed by atoms with Gasteiger partial charge in [-0.15, -0.1) is 6.58 Å². The van der Waals surface area contributed by atoms with E-state index in [1.165, 1.54) is 0 Å². The summed E-state index contributed by atoms with van der Waals surface area (Å²) in [6.07, 6.45) is 7.01. The molecule has 0 saturated carbocycles. The smallest absolute Gasteiger partial charge is 0.246 e. The second-order valence-electron chi connectivity index (χ2n) is 4.84. The van der Waals surface area contributed by atoms with Crippen molar-refractivity contribution in [1.82, 2.24) is 9.47 Å². The maximum absolute atomic E-state index is 12.1. The first-order valence-corrected chi connectivity index (χ1v) is 6.90. The number of benzene rings is 1. The van der Waals surface area contributed by atoms with Crippen molar-refractivity contribution in [3.8, 4) is 0 Å². The molecule has 0 radical (unpaired) electrons. The van der Waals surface area contributed by atoms with Gasteiger partial charge in [-0.1, -0.05) is 24.3 Å². The van der Waals surface area contributed by atoms with Crippen LogP contribution in [0.1, 0.15) is 5.56 Å². The summed E-state index contributed by atoms with van der Waals surface area (Å²) in [6.45, 7) is 4.31. The van der Waals surface area contributed by atoms with Crippen molar-refractivity contribution in [3.63, 3.8) is 0 Å². The molecule has 0 aliphatic rings. The second kappa shape index (κ2) is 6.90. The van der Waals surface area contributed by atoms with Crippen LogP contribution in [0.2, 0.25) is 0 Å². The Hall–Kier alpha value is -2.33. The van der Waals surface area contributed by atoms with Crippen LogP contribution in [0.3, 0.4) is 0 Å². The molecule has 1 aromatic carbocycles. The summed E-state index contributed by atoms with van der Waals surface area (Å²) in [7, 11) is 1.98. The molecule has 0 aliphatic heterocycles. The van der Waals surface area contributed by atoms with Crippen LogP contribution in [0.5, 0.6) is 0 Å². The SMILES string of the molecule is C=CCN(CCO)C(=O)/C=C/c1cn(C)c2ccccc12. The van der Waals surface area contributed by atoms with Gasteiger partial charge < -0.3 is 14.6 Å². The Balaban J connectivity index is 2.22. The van der Waals surface area contributed by atoms with E-state index in [2.05, 4.69) is 6.58 Å². The number of rotatable bonds is 6. The number of carbonyl (C=O) groups excluding carboxylic acids is 1. The number of hydrogen-bond donors (Lipinski definition) is 1. The van der Waals surface area contributed by atoms with E-state index in [9.17, 15) is 4.79 Å². The standard InChI is InChI=1S/C17H20N2O2/c1-3-10-19(11-12-20)17(21)9-8-14-13-18(2)16-7-5-4-6-15(14)16/h3-9,13,20H,1,10-12H2,2H3/b9-8+. The van der Waals surface area contributed by atoms with Crippen molar-refractivity contribution < 1.29 is 9.90 Å². The number of para-hydroxylation sites is 1. The molecular formula is C17H20N2O2. The lowest BCUT2D eigenvalue weighted by atomic mass is 10.1. The van der Waals surface area contributed by atoms with Crippen LogP contribution in [0.4, 0.5) is 0 Å². The summed E-state index contributed by atoms with van der Waals surface area (Å²) < 4.78 is 2.04. The van der Waals surface area contributed by atoms with Crippen LogP contribution in [0.15, 0.2) is 49.2 Å². The van der Waals surface area contributed by atoms with Gasteiger partial charge >= 0.3 is 0 Å². The van der Waals surface area contributed by atoms with E-state index in [1.54, 1.807) is 17.1 Å². The van der Waals surface area contributed by atoms with Gasteiger partial charge in [0.15, 0.2) is 0 Å². The van der Waals surface area contributed by atoms with Crippen LogP contribution >= 0.6 is 0 Å². The minimum atomic E-state index is -0.128. The predicted molar refractivity (Wildman–Crippen MR) is 85.8 cm³/mol. The lowest BCUT2D eigenvalue weighted by Gasteiger charge is -2.17. The highest BCUT2D eigenvalue weighted by Gasteiger charge is 2.08. The zero-order valence-corrected chi connectivity index (χ0v) is 12.2. The van der Waals surface area contributed by atoms with Crippen molar-refractivity contribution in [2.24, 2.45) is 7.05 Å². The Morgan fingerprint density at radius 2 is 2.19 bits per heavy atom. The fourth-order valence-electron chi connectivity index (χ4n) is 2.34. The average molecular weight is 284 g/mol. The third kappa shape index (κ3) is 3.41. The number of amides is 1. The number of carbonyl (C=O) groups is 1. The zero-order valence-electron chi connectivity index (χ0n) is 12.2. The van der Waals surface area contributed by atoms with Crippen LogP contribution in [-0.4, -0.2) is 40.2 Å². The Morgan fingerprint density at radius 3 is 2.90 bits per heavy atom. The molecule has 0 unspecified atom stereocenters. The zero-order chi connectivity index (χ0) is 15.2. The topological polar surface area (TPSA) is 45.5 Å². The summed E-state index contributed by atoms with van der Waals surface area (Å²) in [6, 6.07) is 8.06. The molecule has 1 heterocycles. The Labute approximate surface area is 124 Å². The van der Waals surface area contributed by atoms with E-state index in [0.29, 0.717) is 13.1 Å². The summed E-state index contributed by atoms with van der Waals surface area (Å²) in [5.41, 5.74) is 2.13. The largest absolute Gasteiger partial charge is 0.395 e. The van der Waals surface area contributed by atoms with E-state index >= 15 is 0 Å². The third-order valence-electron chi connectivity index (χ3n) is 3.36. The predicted octanol–water partition coefficient (Wildman–Crippen LogP) is 2.20. The number of aromatic nitrogens is 1. The maximum atomic E-state index is 12.1. The minimum Gasteiger partial charge on any atom is -0.395 e. The number of aliphatic hydroxyl groups is 1. The molecule has 0 atom stereocenters. The molecule has 0 bridgehead atoms. The van der Waals surface area contributed by atoms with Crippen LogP contribution in [0, 0.1) is 0 Å². The molecule has 21 heavy (non-hydrogen) atoms. The van der Waals surface area contributed by atoms with E-state index in [4.69, 9.17) is 5.11 Å². The van der Waals surface area contributed by atoms with Gasteiger partial charge in [-0.05, 0) is 12.1 Å². The molecule has 4 nitrogen and oxygen atoms in total. The van der Waals surface area contributed by atoms with Crippen molar-refractivity contribution >= 4 is 22.9 Å². The number of fused-ring (bicyclic) bond motifs is 1. The van der Waals surface area contributed by atoms with Crippen molar-refractivity contribution in [1.29, 1.82) is 0 Å². The minimum absolute atomic E-state index is 0.0539. The highest BCUT2D eigenvalue weighted by atomic mass is 16.3. The molecule has 1 N–H and O–H groups in total. The molecule has 0 fully saturated rings. The van der Waals surface area contributed by atoms with E-state index in [1.807, 2.05) is 48.2 Å². The van der Waals surface area contributed by atoms with Gasteiger partial charge in [-0.3, -0.25) is 4.79 Å². The molecule has 0 saturated heterocycles. The highest BCUT2D eigenvalue weighted by Crippen LogP contribution is 2.21. The molecule has 2 rings (SSSR count). The third-order valence-corrected chi connectivity index (χ3v) is 3.36. The first-order chi connectivity index (χ1) is 10.2. The second-order valence-corrected chi connectivity index (χ2v) is 4.84. The molecular weight excluding hydrogens is 264 g/mol. The summed E-state index contributed by atoms with van der Waals surface area (Å²) in [5, 5.41) is 10.1. The Bertz CT molecular complexity index is 670. The molecule has 110 valence electrons. The van der Waals surface area contributed by atoms with Crippen LogP contribution in [0.25, 0.3) is 17.0 Å². The van der Waals surface area contributed by atoms with Gasteiger partial charge in [0, 0.05) is 48.9 Å². The van der Waals surface area contributed by atoms with Crippen molar-refractivity contribution in [2.45, 2.75) is 0 Å². The first-order valence-electron chi connectivity index (χ1n) is 6.90. The number of nitrogens with zero attached hydrogens (tertiary/aromatic N) is 2. The summed E-state index contributed by atoms with van der Waals surface area (Å²) >= 11 is 0. The number of aryl methyl sites for hydroxylation is 1. The highest BCUT2D eigenvalue weighted by molar-refractivity contribution is 5.96. The number of hydrogen-bond acceptors (Lipinski definition) is 2. The fraction of sp³-hybridized carbons (Fsp3) is 0.235. The Kier molecular flexibility index (Phi) is 4.95. The van der Waals surface area contributed by atoms with E-state index in [-0.39, 0.29) is 12.5 Å². The molecule has 1 amide bonds. The normalized spacial score (nSPS) is 11.1. The maximum Gasteiger partial charge on any atom is 0.246 e. The quantitative estimate of drug-likeness (QED) is 0.653.